The van der Waals surface area contributed by atoms with Crippen LogP contribution >= 0.6 is 0 Å². The van der Waals surface area contributed by atoms with Crippen molar-refractivity contribution in [1.29, 1.82) is 5.26 Å². The van der Waals surface area contributed by atoms with Crippen molar-refractivity contribution in [2.75, 3.05) is 6.54 Å². The largest absolute Gasteiger partial charge is 0.337 e. The van der Waals surface area contributed by atoms with Gasteiger partial charge in [-0.2, -0.15) is 5.26 Å². The van der Waals surface area contributed by atoms with Gasteiger partial charge in [-0.15, -0.1) is 0 Å². The van der Waals surface area contributed by atoms with E-state index in [1.165, 1.54) is 11.1 Å². The first-order valence-electron chi connectivity index (χ1n) is 7.27. The molecule has 0 spiro atoms. The Morgan fingerprint density at radius 1 is 1.35 bits per heavy atom. The van der Waals surface area contributed by atoms with Crippen LogP contribution in [0.15, 0.2) is 24.3 Å². The van der Waals surface area contributed by atoms with Crippen LogP contribution in [0.3, 0.4) is 0 Å². The number of carbonyl (C=O) groups excluding carboxylic acids is 1. The molecule has 0 bridgehead atoms. The molecule has 20 heavy (non-hydrogen) atoms. The van der Waals surface area contributed by atoms with Gasteiger partial charge in [0, 0.05) is 19.1 Å². The summed E-state index contributed by atoms with van der Waals surface area (Å²) >= 11 is 0. The summed E-state index contributed by atoms with van der Waals surface area (Å²) in [6.07, 6.45) is 3.34. The molecule has 2 aliphatic rings. The minimum atomic E-state index is -0.135. The minimum absolute atomic E-state index is 0.135. The van der Waals surface area contributed by atoms with Crippen molar-refractivity contribution in [3.05, 3.63) is 35.4 Å². The Balaban J connectivity index is 1.70. The van der Waals surface area contributed by atoms with Crippen molar-refractivity contribution in [1.82, 2.24) is 10.2 Å². The van der Waals surface area contributed by atoms with Crippen LogP contribution in [0.2, 0.25) is 0 Å². The molecule has 1 heterocycles. The Bertz CT molecular complexity index is 545. The maximum Gasteiger partial charge on any atom is 0.240 e. The molecular weight excluding hydrogens is 250 g/mol. The van der Waals surface area contributed by atoms with Crippen molar-refractivity contribution in [3.8, 4) is 6.07 Å². The Labute approximate surface area is 119 Å². The average Bonchev–Trinajstić information content (AvgIpc) is 3.32. The zero-order valence-corrected chi connectivity index (χ0v) is 11.5. The van der Waals surface area contributed by atoms with E-state index < -0.39 is 0 Å². The molecule has 1 aliphatic carbocycles. The number of hydrogen-bond donors (Lipinski definition) is 1. The van der Waals surface area contributed by atoms with Gasteiger partial charge in [0.1, 0.15) is 0 Å². The Kier molecular flexibility index (Phi) is 3.70. The first-order chi connectivity index (χ1) is 9.79. The monoisotopic (exact) mass is 269 g/mol. The van der Waals surface area contributed by atoms with Crippen LogP contribution in [-0.4, -0.2) is 29.4 Å². The summed E-state index contributed by atoms with van der Waals surface area (Å²) in [6, 6.07) is 10.6. The van der Waals surface area contributed by atoms with Gasteiger partial charge < -0.3 is 10.2 Å². The molecule has 4 nitrogen and oxygen atoms in total. The van der Waals surface area contributed by atoms with Gasteiger partial charge in [-0.25, -0.2) is 0 Å². The number of rotatable bonds is 4. The number of fused-ring (bicyclic) bond motifs is 1. The van der Waals surface area contributed by atoms with Crippen LogP contribution in [0.1, 0.15) is 30.4 Å². The summed E-state index contributed by atoms with van der Waals surface area (Å²) in [4.78, 5) is 14.6. The van der Waals surface area contributed by atoms with Crippen LogP contribution in [0.25, 0.3) is 0 Å². The first kappa shape index (κ1) is 13.1. The summed E-state index contributed by atoms with van der Waals surface area (Å²) in [7, 11) is 0. The van der Waals surface area contributed by atoms with E-state index in [0.29, 0.717) is 19.0 Å². The van der Waals surface area contributed by atoms with E-state index >= 15 is 0 Å². The third kappa shape index (κ3) is 2.68. The molecular formula is C16H19N3O. The van der Waals surface area contributed by atoms with Crippen LogP contribution in [0.5, 0.6) is 0 Å². The van der Waals surface area contributed by atoms with Gasteiger partial charge >= 0.3 is 0 Å². The molecule has 1 atom stereocenters. The van der Waals surface area contributed by atoms with E-state index in [2.05, 4.69) is 23.5 Å². The lowest BCUT2D eigenvalue weighted by Gasteiger charge is -2.30. The summed E-state index contributed by atoms with van der Waals surface area (Å²) in [5.74, 6) is 0.164. The maximum absolute atomic E-state index is 12.6. The highest BCUT2D eigenvalue weighted by molar-refractivity contribution is 5.83. The fraction of sp³-hybridized carbons (Fsp3) is 0.500. The van der Waals surface area contributed by atoms with Crippen molar-refractivity contribution in [3.63, 3.8) is 0 Å². The SMILES string of the molecule is N#CCCN(C(=O)[C@H]1Cc2ccccc2CN1)C1CC1. The molecule has 3 rings (SSSR count). The second kappa shape index (κ2) is 5.64. The number of hydrogen-bond acceptors (Lipinski definition) is 3. The Hall–Kier alpha value is -1.86. The topological polar surface area (TPSA) is 56.1 Å². The highest BCUT2D eigenvalue weighted by Gasteiger charge is 2.36. The fourth-order valence-electron chi connectivity index (χ4n) is 2.86. The van der Waals surface area contributed by atoms with Gasteiger partial charge in [0.05, 0.1) is 18.5 Å². The second-order valence-electron chi connectivity index (χ2n) is 5.58. The van der Waals surface area contributed by atoms with Gasteiger partial charge in [0.15, 0.2) is 0 Å². The average molecular weight is 269 g/mol. The van der Waals surface area contributed by atoms with Gasteiger partial charge in [-0.3, -0.25) is 4.79 Å². The van der Waals surface area contributed by atoms with Gasteiger partial charge in [0.25, 0.3) is 0 Å². The summed E-state index contributed by atoms with van der Waals surface area (Å²) < 4.78 is 0. The van der Waals surface area contributed by atoms with E-state index in [1.807, 2.05) is 17.0 Å². The first-order valence-corrected chi connectivity index (χ1v) is 7.27. The lowest BCUT2D eigenvalue weighted by Crippen LogP contribution is -2.50. The van der Waals surface area contributed by atoms with E-state index in [0.717, 1.165) is 25.8 Å². The lowest BCUT2D eigenvalue weighted by atomic mass is 9.95. The predicted molar refractivity (Wildman–Crippen MR) is 75.7 cm³/mol. The zero-order chi connectivity index (χ0) is 13.9. The van der Waals surface area contributed by atoms with Crippen molar-refractivity contribution in [2.45, 2.75) is 44.3 Å². The molecule has 4 heteroatoms. The fourth-order valence-corrected chi connectivity index (χ4v) is 2.86. The summed E-state index contributed by atoms with van der Waals surface area (Å²) in [5, 5.41) is 12.1. The molecule has 1 aromatic carbocycles. The summed E-state index contributed by atoms with van der Waals surface area (Å²) in [6.45, 7) is 1.32. The standard InChI is InChI=1S/C16H19N3O/c17-8-3-9-19(14-6-7-14)16(20)15-10-12-4-1-2-5-13(12)11-18-15/h1-2,4-5,14-15,18H,3,6-7,9-11H2/t15-/m1/s1. The predicted octanol–water partition coefficient (Wildman–Crippen LogP) is 1.61. The van der Waals surface area contributed by atoms with E-state index in [1.54, 1.807) is 0 Å². The molecule has 104 valence electrons. The van der Waals surface area contributed by atoms with Crippen molar-refractivity contribution >= 4 is 5.91 Å². The van der Waals surface area contributed by atoms with Gasteiger partial charge in [-0.05, 0) is 30.4 Å². The third-order valence-electron chi connectivity index (χ3n) is 4.11. The highest BCUT2D eigenvalue weighted by Crippen LogP contribution is 2.28. The lowest BCUT2D eigenvalue weighted by molar-refractivity contribution is -0.134. The van der Waals surface area contributed by atoms with E-state index in [-0.39, 0.29) is 11.9 Å². The van der Waals surface area contributed by atoms with Crippen LogP contribution in [0.4, 0.5) is 0 Å². The third-order valence-corrected chi connectivity index (χ3v) is 4.11. The molecule has 0 radical (unpaired) electrons. The number of nitrogens with one attached hydrogen (secondary N) is 1. The molecule has 1 aromatic rings. The van der Waals surface area contributed by atoms with Crippen LogP contribution < -0.4 is 5.32 Å². The number of benzene rings is 1. The molecule has 0 unspecified atom stereocenters. The molecule has 1 amide bonds. The Morgan fingerprint density at radius 3 is 2.80 bits per heavy atom. The van der Waals surface area contributed by atoms with Crippen LogP contribution in [0, 0.1) is 11.3 Å². The second-order valence-corrected chi connectivity index (χ2v) is 5.58. The van der Waals surface area contributed by atoms with Gasteiger partial charge in [-0.1, -0.05) is 24.3 Å². The quantitative estimate of drug-likeness (QED) is 0.903. The summed E-state index contributed by atoms with van der Waals surface area (Å²) in [5.41, 5.74) is 2.55. The molecule has 0 aromatic heterocycles. The molecule has 1 saturated carbocycles. The van der Waals surface area contributed by atoms with E-state index in [4.69, 9.17) is 5.26 Å². The normalized spacial score (nSPS) is 20.9. The van der Waals surface area contributed by atoms with Gasteiger partial charge in [0.2, 0.25) is 5.91 Å². The highest BCUT2D eigenvalue weighted by atomic mass is 16.2. The number of nitriles is 1. The number of amides is 1. The number of carbonyl (C=O) groups is 1. The van der Waals surface area contributed by atoms with E-state index in [9.17, 15) is 4.79 Å². The molecule has 1 aliphatic heterocycles. The van der Waals surface area contributed by atoms with Crippen molar-refractivity contribution < 1.29 is 4.79 Å². The smallest absolute Gasteiger partial charge is 0.240 e. The van der Waals surface area contributed by atoms with Crippen molar-refractivity contribution in [2.24, 2.45) is 0 Å². The molecule has 1 fully saturated rings. The zero-order valence-electron chi connectivity index (χ0n) is 11.5. The minimum Gasteiger partial charge on any atom is -0.337 e. The Morgan fingerprint density at radius 2 is 2.10 bits per heavy atom. The molecule has 1 N–H and O–H groups in total. The maximum atomic E-state index is 12.6. The van der Waals surface area contributed by atoms with Crippen LogP contribution in [-0.2, 0) is 17.8 Å². The molecule has 0 saturated heterocycles. The number of nitrogens with zero attached hydrogens (tertiary/aromatic N) is 2.